The van der Waals surface area contributed by atoms with E-state index < -0.39 is 15.8 Å². The molecular formula is C17H14N4O5S2. The van der Waals surface area contributed by atoms with E-state index in [0.717, 1.165) is 6.26 Å². The van der Waals surface area contributed by atoms with E-state index >= 15 is 0 Å². The molecule has 4 rings (SSSR count). The summed E-state index contributed by atoms with van der Waals surface area (Å²) in [6.07, 6.45) is 1.07. The number of ether oxygens (including phenoxy) is 1. The first-order valence-corrected chi connectivity index (χ1v) is 10.8. The highest BCUT2D eigenvalue weighted by molar-refractivity contribution is 7.90. The van der Waals surface area contributed by atoms with Crippen LogP contribution in [-0.4, -0.2) is 39.8 Å². The summed E-state index contributed by atoms with van der Waals surface area (Å²) >= 11 is 1.31. The van der Waals surface area contributed by atoms with Crippen LogP contribution in [0.4, 0.5) is 0 Å². The molecule has 0 aliphatic heterocycles. The topological polar surface area (TPSA) is 113 Å². The Morgan fingerprint density at radius 2 is 2.04 bits per heavy atom. The van der Waals surface area contributed by atoms with E-state index in [1.807, 2.05) is 0 Å². The lowest BCUT2D eigenvalue weighted by atomic mass is 10.2. The highest BCUT2D eigenvalue weighted by Gasteiger charge is 2.18. The van der Waals surface area contributed by atoms with Crippen LogP contribution in [0.5, 0.6) is 0 Å². The number of fused-ring (bicyclic) bond motifs is 3. The molecule has 4 aromatic rings. The van der Waals surface area contributed by atoms with Crippen molar-refractivity contribution in [1.29, 1.82) is 0 Å². The van der Waals surface area contributed by atoms with Gasteiger partial charge in [0.15, 0.2) is 22.3 Å². The Hall–Kier alpha value is -3.05. The molecular weight excluding hydrogens is 404 g/mol. The van der Waals surface area contributed by atoms with E-state index in [0.29, 0.717) is 21.8 Å². The molecule has 0 amide bonds. The summed E-state index contributed by atoms with van der Waals surface area (Å²) in [4.78, 5) is 24.7. The zero-order chi connectivity index (χ0) is 20.1. The molecule has 144 valence electrons. The lowest BCUT2D eigenvalue weighted by Crippen LogP contribution is -2.19. The molecule has 0 radical (unpaired) electrons. The lowest BCUT2D eigenvalue weighted by Gasteiger charge is -2.07. The maximum Gasteiger partial charge on any atom is 0.338 e. The van der Waals surface area contributed by atoms with Gasteiger partial charge in [-0.3, -0.25) is 13.8 Å². The van der Waals surface area contributed by atoms with E-state index in [-0.39, 0.29) is 22.6 Å². The third-order valence-electron chi connectivity index (χ3n) is 4.23. The van der Waals surface area contributed by atoms with Gasteiger partial charge in [-0.05, 0) is 29.6 Å². The number of hydrogen-bond acceptors (Lipinski definition) is 8. The number of carbonyl (C=O) groups is 1. The van der Waals surface area contributed by atoms with Gasteiger partial charge in [-0.1, -0.05) is 6.07 Å². The largest absolute Gasteiger partial charge is 0.454 e. The molecule has 0 spiro atoms. The standard InChI is InChI=1S/C17H14N4O5S2/c1-20-15(22)14-12(6-7-27-14)21-13(18-19-17(20)21)9-26-16(23)10-4-3-5-11(8-10)28(2,24)25/h3-8H,9H2,1-2H3. The summed E-state index contributed by atoms with van der Waals surface area (Å²) in [7, 11) is -1.84. The van der Waals surface area contributed by atoms with Crippen molar-refractivity contribution in [2.45, 2.75) is 11.5 Å². The second-order valence-corrected chi connectivity index (χ2v) is 9.06. The van der Waals surface area contributed by atoms with Crippen LogP contribution in [0.3, 0.4) is 0 Å². The Bertz CT molecular complexity index is 1400. The van der Waals surface area contributed by atoms with Gasteiger partial charge in [0.25, 0.3) is 5.56 Å². The Kier molecular flexibility index (Phi) is 4.27. The fourth-order valence-electron chi connectivity index (χ4n) is 2.81. The zero-order valence-corrected chi connectivity index (χ0v) is 16.5. The van der Waals surface area contributed by atoms with E-state index in [1.54, 1.807) is 22.9 Å². The molecule has 11 heteroatoms. The van der Waals surface area contributed by atoms with E-state index in [9.17, 15) is 18.0 Å². The summed E-state index contributed by atoms with van der Waals surface area (Å²) < 4.78 is 32.2. The number of aryl methyl sites for hydroxylation is 1. The summed E-state index contributed by atoms with van der Waals surface area (Å²) in [5.41, 5.74) is 0.578. The van der Waals surface area contributed by atoms with Crippen LogP contribution in [0.2, 0.25) is 0 Å². The summed E-state index contributed by atoms with van der Waals surface area (Å²) in [5.74, 6) is -0.00345. The number of thiophene rings is 1. The van der Waals surface area contributed by atoms with Crippen molar-refractivity contribution in [2.75, 3.05) is 6.26 Å². The number of sulfone groups is 1. The molecule has 9 nitrogen and oxygen atoms in total. The van der Waals surface area contributed by atoms with Crippen LogP contribution in [-0.2, 0) is 28.2 Å². The van der Waals surface area contributed by atoms with Gasteiger partial charge in [0.2, 0.25) is 5.78 Å². The quantitative estimate of drug-likeness (QED) is 0.460. The van der Waals surface area contributed by atoms with Crippen LogP contribution < -0.4 is 5.56 Å². The molecule has 28 heavy (non-hydrogen) atoms. The van der Waals surface area contributed by atoms with Gasteiger partial charge in [-0.15, -0.1) is 21.5 Å². The molecule has 0 bridgehead atoms. The molecule has 0 N–H and O–H groups in total. The minimum atomic E-state index is -3.44. The van der Waals surface area contributed by atoms with E-state index in [1.165, 1.54) is 40.2 Å². The molecule has 3 aromatic heterocycles. The molecule has 0 atom stereocenters. The number of nitrogens with zero attached hydrogens (tertiary/aromatic N) is 4. The molecule has 0 aliphatic carbocycles. The van der Waals surface area contributed by atoms with Crippen molar-refractivity contribution in [3.63, 3.8) is 0 Å². The fraction of sp³-hybridized carbons (Fsp3) is 0.176. The van der Waals surface area contributed by atoms with Crippen molar-refractivity contribution in [1.82, 2.24) is 19.2 Å². The number of aromatic nitrogens is 4. The van der Waals surface area contributed by atoms with Gasteiger partial charge in [-0.25, -0.2) is 13.2 Å². The number of benzene rings is 1. The van der Waals surface area contributed by atoms with Crippen molar-refractivity contribution in [3.8, 4) is 0 Å². The number of esters is 1. The maximum absolute atomic E-state index is 12.4. The highest BCUT2D eigenvalue weighted by Crippen LogP contribution is 2.20. The Balaban J connectivity index is 1.67. The molecule has 0 saturated heterocycles. The Morgan fingerprint density at radius 3 is 2.79 bits per heavy atom. The van der Waals surface area contributed by atoms with Crippen LogP contribution in [0, 0.1) is 0 Å². The van der Waals surface area contributed by atoms with Gasteiger partial charge in [0.1, 0.15) is 4.70 Å². The van der Waals surface area contributed by atoms with Crippen molar-refractivity contribution >= 4 is 43.1 Å². The monoisotopic (exact) mass is 418 g/mol. The number of hydrogen-bond donors (Lipinski definition) is 0. The molecule has 0 fully saturated rings. The number of rotatable bonds is 4. The first-order valence-electron chi connectivity index (χ1n) is 8.05. The van der Waals surface area contributed by atoms with Crippen LogP contribution in [0.1, 0.15) is 16.2 Å². The molecule has 0 saturated carbocycles. The van der Waals surface area contributed by atoms with Crippen molar-refractivity contribution in [3.05, 3.63) is 57.5 Å². The predicted molar refractivity (Wildman–Crippen MR) is 102 cm³/mol. The average Bonchev–Trinajstić information content (AvgIpc) is 3.30. The first kappa shape index (κ1) is 18.3. The SMILES string of the molecule is Cn1c(=O)c2sccc2n2c(COC(=O)c3cccc(S(C)(=O)=O)c3)nnc12. The van der Waals surface area contributed by atoms with Gasteiger partial charge in [0.05, 0.1) is 16.0 Å². The minimum absolute atomic E-state index is 0.0323. The zero-order valence-electron chi connectivity index (χ0n) is 14.8. The summed E-state index contributed by atoms with van der Waals surface area (Å²) in [6, 6.07) is 7.40. The second-order valence-electron chi connectivity index (χ2n) is 6.13. The summed E-state index contributed by atoms with van der Waals surface area (Å²) in [6.45, 7) is -0.188. The van der Waals surface area contributed by atoms with Gasteiger partial charge < -0.3 is 4.74 Å². The fourth-order valence-corrected chi connectivity index (χ4v) is 4.33. The van der Waals surface area contributed by atoms with Crippen molar-refractivity contribution < 1.29 is 17.9 Å². The third kappa shape index (κ3) is 2.98. The van der Waals surface area contributed by atoms with Gasteiger partial charge in [0, 0.05) is 13.3 Å². The number of carbonyl (C=O) groups excluding carboxylic acids is 1. The van der Waals surface area contributed by atoms with Crippen LogP contribution in [0.15, 0.2) is 45.4 Å². The molecule has 0 aliphatic rings. The molecule has 0 unspecified atom stereocenters. The lowest BCUT2D eigenvalue weighted by molar-refractivity contribution is 0.0461. The second kappa shape index (κ2) is 6.53. The Morgan fingerprint density at radius 1 is 1.25 bits per heavy atom. The predicted octanol–water partition coefficient (Wildman–Crippen LogP) is 1.40. The smallest absolute Gasteiger partial charge is 0.338 e. The summed E-state index contributed by atoms with van der Waals surface area (Å²) in [5, 5.41) is 9.84. The average molecular weight is 418 g/mol. The van der Waals surface area contributed by atoms with Crippen molar-refractivity contribution in [2.24, 2.45) is 7.05 Å². The molecule has 1 aromatic carbocycles. The minimum Gasteiger partial charge on any atom is -0.454 e. The van der Waals surface area contributed by atoms with Gasteiger partial charge in [-0.2, -0.15) is 0 Å². The van der Waals surface area contributed by atoms with E-state index in [4.69, 9.17) is 4.74 Å². The molecule has 3 heterocycles. The first-order chi connectivity index (χ1) is 13.3. The van der Waals surface area contributed by atoms with E-state index in [2.05, 4.69) is 10.2 Å². The highest BCUT2D eigenvalue weighted by atomic mass is 32.2. The van der Waals surface area contributed by atoms with Crippen LogP contribution in [0.25, 0.3) is 16.0 Å². The van der Waals surface area contributed by atoms with Gasteiger partial charge >= 0.3 is 5.97 Å². The van der Waals surface area contributed by atoms with Crippen LogP contribution >= 0.6 is 11.3 Å². The Labute approximate surface area is 162 Å². The normalized spacial score (nSPS) is 11.9. The maximum atomic E-state index is 12.4. The third-order valence-corrected chi connectivity index (χ3v) is 6.23.